The molecule has 5 heteroatoms. The number of hydrogen-bond donors (Lipinski definition) is 1. The molecule has 5 nitrogen and oxygen atoms in total. The Morgan fingerprint density at radius 3 is 2.47 bits per heavy atom. The largest absolute Gasteiger partial charge is 0.297 e. The zero-order chi connectivity index (χ0) is 21.9. The Hall–Kier alpha value is -3.36. The molecule has 2 aromatic heterocycles. The van der Waals surface area contributed by atoms with Gasteiger partial charge < -0.3 is 0 Å². The van der Waals surface area contributed by atoms with Crippen molar-refractivity contribution in [3.05, 3.63) is 77.4 Å². The SMILES string of the molecule is CCCc1cc(N2CCN(CCc3ccccc3)CC2)[n+]2c([nH]c3ccccc32)c1C#N. The van der Waals surface area contributed by atoms with Crippen molar-refractivity contribution in [1.82, 2.24) is 9.88 Å². The third kappa shape index (κ3) is 3.83. The van der Waals surface area contributed by atoms with Gasteiger partial charge in [-0.2, -0.15) is 9.66 Å². The lowest BCUT2D eigenvalue weighted by molar-refractivity contribution is -0.467. The van der Waals surface area contributed by atoms with Crippen molar-refractivity contribution in [2.24, 2.45) is 0 Å². The predicted octanol–water partition coefficient (Wildman–Crippen LogP) is 4.10. The highest BCUT2D eigenvalue weighted by Crippen LogP contribution is 2.24. The summed E-state index contributed by atoms with van der Waals surface area (Å²) < 4.78 is 2.26. The number of H-pyrrole nitrogens is 1. The fraction of sp³-hybridized carbons (Fsp3) is 0.333. The zero-order valence-electron chi connectivity index (χ0n) is 18.7. The monoisotopic (exact) mass is 424 g/mol. The average molecular weight is 425 g/mol. The number of piperazine rings is 1. The number of aromatic amines is 1. The zero-order valence-corrected chi connectivity index (χ0v) is 18.7. The Morgan fingerprint density at radius 2 is 1.72 bits per heavy atom. The Labute approximate surface area is 189 Å². The van der Waals surface area contributed by atoms with E-state index in [1.807, 2.05) is 6.07 Å². The molecule has 4 aromatic rings. The van der Waals surface area contributed by atoms with Crippen molar-refractivity contribution in [3.63, 3.8) is 0 Å². The smallest absolute Gasteiger partial charge is 0.250 e. The lowest BCUT2D eigenvalue weighted by Crippen LogP contribution is -2.49. The van der Waals surface area contributed by atoms with Crippen LogP contribution in [0.1, 0.15) is 30.0 Å². The van der Waals surface area contributed by atoms with E-state index in [0.717, 1.165) is 79.8 Å². The van der Waals surface area contributed by atoms with Gasteiger partial charge in [0.2, 0.25) is 11.5 Å². The summed E-state index contributed by atoms with van der Waals surface area (Å²) in [5.74, 6) is 1.20. The number of nitrogens with one attached hydrogen (secondary N) is 1. The van der Waals surface area contributed by atoms with Crippen LogP contribution in [-0.2, 0) is 12.8 Å². The second-order valence-electron chi connectivity index (χ2n) is 8.66. The summed E-state index contributed by atoms with van der Waals surface area (Å²) in [5, 5.41) is 9.95. The molecular formula is C27H30N5+. The molecule has 1 saturated heterocycles. The molecule has 0 unspecified atom stereocenters. The molecule has 0 amide bonds. The van der Waals surface area contributed by atoms with Crippen LogP contribution in [0.3, 0.4) is 0 Å². The molecule has 5 rings (SSSR count). The average Bonchev–Trinajstić information content (AvgIpc) is 3.23. The Morgan fingerprint density at radius 1 is 0.969 bits per heavy atom. The topological polar surface area (TPSA) is 50.2 Å². The van der Waals surface area contributed by atoms with Crippen LogP contribution < -0.4 is 9.30 Å². The second kappa shape index (κ2) is 9.02. The van der Waals surface area contributed by atoms with Gasteiger partial charge in [-0.05, 0) is 36.1 Å². The first-order valence-electron chi connectivity index (χ1n) is 11.7. The molecular weight excluding hydrogens is 394 g/mol. The lowest BCUT2D eigenvalue weighted by atomic mass is 10.0. The predicted molar refractivity (Wildman–Crippen MR) is 129 cm³/mol. The number of anilines is 1. The van der Waals surface area contributed by atoms with Gasteiger partial charge in [-0.3, -0.25) is 14.8 Å². The molecule has 1 N–H and O–H groups in total. The van der Waals surface area contributed by atoms with Gasteiger partial charge in [0.05, 0.1) is 13.1 Å². The van der Waals surface area contributed by atoms with Gasteiger partial charge in [0, 0.05) is 25.7 Å². The van der Waals surface area contributed by atoms with Crippen molar-refractivity contribution in [3.8, 4) is 6.07 Å². The number of rotatable bonds is 6. The second-order valence-corrected chi connectivity index (χ2v) is 8.66. The van der Waals surface area contributed by atoms with Crippen LogP contribution in [0.2, 0.25) is 0 Å². The molecule has 0 atom stereocenters. The van der Waals surface area contributed by atoms with Crippen molar-refractivity contribution < 1.29 is 4.40 Å². The lowest BCUT2D eigenvalue weighted by Gasteiger charge is -2.33. The molecule has 162 valence electrons. The van der Waals surface area contributed by atoms with E-state index in [4.69, 9.17) is 0 Å². The molecule has 32 heavy (non-hydrogen) atoms. The minimum Gasteiger partial charge on any atom is -0.297 e. The van der Waals surface area contributed by atoms with Crippen LogP contribution in [0.5, 0.6) is 0 Å². The van der Waals surface area contributed by atoms with E-state index in [2.05, 4.69) is 86.8 Å². The summed E-state index contributed by atoms with van der Waals surface area (Å²) in [7, 11) is 0. The Balaban J connectivity index is 1.44. The quantitative estimate of drug-likeness (QED) is 0.474. The molecule has 0 bridgehead atoms. The van der Waals surface area contributed by atoms with Crippen LogP contribution in [0.15, 0.2) is 60.7 Å². The maximum absolute atomic E-state index is 9.95. The number of pyridine rings is 1. The van der Waals surface area contributed by atoms with Crippen molar-refractivity contribution in [2.75, 3.05) is 37.6 Å². The Bertz CT molecular complexity index is 1260. The molecule has 3 heterocycles. The number of hydrogen-bond acceptors (Lipinski definition) is 3. The van der Waals surface area contributed by atoms with Crippen LogP contribution in [-0.4, -0.2) is 42.6 Å². The molecule has 1 aliphatic rings. The fourth-order valence-electron chi connectivity index (χ4n) is 4.89. The summed E-state index contributed by atoms with van der Waals surface area (Å²) in [6.45, 7) is 7.37. The number of aromatic nitrogens is 2. The minimum absolute atomic E-state index is 0.772. The van der Waals surface area contributed by atoms with Gasteiger partial charge in [-0.15, -0.1) is 0 Å². The summed E-state index contributed by atoms with van der Waals surface area (Å²) in [6, 6.07) is 23.8. The highest BCUT2D eigenvalue weighted by Gasteiger charge is 2.28. The standard InChI is InChI=1S/C27H29N5/c1-2-8-22-19-26(32-25-12-7-6-11-24(25)29-27(32)23(22)20-28)31-17-15-30(16-18-31)14-13-21-9-4-3-5-10-21/h3-7,9-12,19H,2,8,13-18H2,1H3/p+1. The molecule has 0 radical (unpaired) electrons. The van der Waals surface area contributed by atoms with Gasteiger partial charge in [0.25, 0.3) is 0 Å². The highest BCUT2D eigenvalue weighted by atomic mass is 15.3. The van der Waals surface area contributed by atoms with Gasteiger partial charge in [0.1, 0.15) is 22.7 Å². The number of aryl methyl sites for hydroxylation is 1. The first-order valence-corrected chi connectivity index (χ1v) is 11.7. The van der Waals surface area contributed by atoms with Gasteiger partial charge >= 0.3 is 0 Å². The number of para-hydroxylation sites is 2. The number of nitrogens with zero attached hydrogens (tertiary/aromatic N) is 4. The molecule has 1 aliphatic heterocycles. The third-order valence-corrected chi connectivity index (χ3v) is 6.60. The van der Waals surface area contributed by atoms with Gasteiger partial charge in [-0.25, -0.2) is 0 Å². The summed E-state index contributed by atoms with van der Waals surface area (Å²) in [5.41, 5.74) is 6.43. The fourth-order valence-corrected chi connectivity index (χ4v) is 4.89. The summed E-state index contributed by atoms with van der Waals surface area (Å²) >= 11 is 0. The van der Waals surface area contributed by atoms with Crippen LogP contribution in [0, 0.1) is 11.3 Å². The van der Waals surface area contributed by atoms with Crippen LogP contribution in [0.4, 0.5) is 5.82 Å². The van der Waals surface area contributed by atoms with E-state index in [0.29, 0.717) is 0 Å². The Kier molecular flexibility index (Phi) is 5.79. The number of nitriles is 1. The van der Waals surface area contributed by atoms with Gasteiger partial charge in [-0.1, -0.05) is 55.8 Å². The molecule has 0 saturated carbocycles. The minimum atomic E-state index is 0.772. The normalized spacial score (nSPS) is 14.8. The maximum Gasteiger partial charge on any atom is 0.250 e. The maximum atomic E-state index is 9.95. The van der Waals surface area contributed by atoms with Crippen molar-refractivity contribution >= 4 is 22.5 Å². The molecule has 2 aromatic carbocycles. The first kappa shape index (κ1) is 20.5. The van der Waals surface area contributed by atoms with E-state index < -0.39 is 0 Å². The van der Waals surface area contributed by atoms with Crippen molar-refractivity contribution in [2.45, 2.75) is 26.2 Å². The van der Waals surface area contributed by atoms with E-state index in [1.165, 1.54) is 11.4 Å². The molecule has 0 spiro atoms. The third-order valence-electron chi connectivity index (χ3n) is 6.60. The van der Waals surface area contributed by atoms with E-state index in [1.54, 1.807) is 0 Å². The van der Waals surface area contributed by atoms with E-state index in [9.17, 15) is 5.26 Å². The summed E-state index contributed by atoms with van der Waals surface area (Å²) in [4.78, 5) is 8.59. The number of benzene rings is 2. The van der Waals surface area contributed by atoms with E-state index >= 15 is 0 Å². The first-order chi connectivity index (χ1) is 15.8. The van der Waals surface area contributed by atoms with Crippen LogP contribution in [0.25, 0.3) is 16.7 Å². The number of fused-ring (bicyclic) bond motifs is 3. The number of imidazole rings is 1. The van der Waals surface area contributed by atoms with E-state index in [-0.39, 0.29) is 0 Å². The van der Waals surface area contributed by atoms with Crippen molar-refractivity contribution in [1.29, 1.82) is 5.26 Å². The highest BCUT2D eigenvalue weighted by molar-refractivity contribution is 5.77. The molecule has 0 aliphatic carbocycles. The summed E-state index contributed by atoms with van der Waals surface area (Å²) in [6.07, 6.45) is 3.04. The molecule has 1 fully saturated rings. The van der Waals surface area contributed by atoms with Crippen LogP contribution >= 0.6 is 0 Å². The van der Waals surface area contributed by atoms with Gasteiger partial charge in [0.15, 0.2) is 0 Å².